The van der Waals surface area contributed by atoms with Crippen molar-refractivity contribution in [1.29, 1.82) is 0 Å². The fourth-order valence-electron chi connectivity index (χ4n) is 1.13. The van der Waals surface area contributed by atoms with Crippen molar-refractivity contribution in [2.45, 2.75) is 6.42 Å². The first-order chi connectivity index (χ1) is 7.22. The molecule has 80 valence electrons. The van der Waals surface area contributed by atoms with Gasteiger partial charge in [0.1, 0.15) is 12.8 Å². The highest BCUT2D eigenvalue weighted by molar-refractivity contribution is 5.59. The van der Waals surface area contributed by atoms with Gasteiger partial charge in [0.15, 0.2) is 6.21 Å². The maximum atomic E-state index is 10.5. The van der Waals surface area contributed by atoms with Gasteiger partial charge >= 0.3 is 0 Å². The summed E-state index contributed by atoms with van der Waals surface area (Å²) in [6.45, 7) is 0. The first-order valence-corrected chi connectivity index (χ1v) is 4.76. The van der Waals surface area contributed by atoms with Crippen LogP contribution in [0.5, 0.6) is 5.75 Å². The fourth-order valence-corrected chi connectivity index (χ4v) is 1.13. The second-order valence-corrected chi connectivity index (χ2v) is 3.14. The Bertz CT molecular complexity index is 348. The van der Waals surface area contributed by atoms with E-state index in [-0.39, 0.29) is 0 Å². The highest BCUT2D eigenvalue weighted by atomic mass is 16.5. The summed E-state index contributed by atoms with van der Waals surface area (Å²) in [5.74, 6) is 0.845. The predicted molar refractivity (Wildman–Crippen MR) is 62.3 cm³/mol. The Labute approximate surface area is 89.9 Å². The summed E-state index contributed by atoms with van der Waals surface area (Å²) < 4.78 is 5.85. The lowest BCUT2D eigenvalue weighted by Gasteiger charge is -1.98. The molecule has 0 saturated carbocycles. The van der Waals surface area contributed by atoms with Crippen molar-refractivity contribution < 1.29 is 9.48 Å². The smallest absolute Gasteiger partial charge is 0.154 e. The molecular weight excluding hydrogens is 190 g/mol. The second kappa shape index (κ2) is 5.86. The lowest BCUT2D eigenvalue weighted by Crippen LogP contribution is -1.93. The van der Waals surface area contributed by atoms with Gasteiger partial charge in [-0.3, -0.25) is 0 Å². The maximum Gasteiger partial charge on any atom is 0.154 e. The van der Waals surface area contributed by atoms with Crippen molar-refractivity contribution in [1.82, 2.24) is 0 Å². The zero-order chi connectivity index (χ0) is 11.1. The zero-order valence-electron chi connectivity index (χ0n) is 9.01. The summed E-state index contributed by atoms with van der Waals surface area (Å²) in [6, 6.07) is 7.75. The van der Waals surface area contributed by atoms with Gasteiger partial charge in [-0.1, -0.05) is 24.3 Å². The van der Waals surface area contributed by atoms with Crippen LogP contribution in [0.4, 0.5) is 0 Å². The molecule has 0 heterocycles. The number of methoxy groups -OCH3 is 1. The SMILES string of the molecule is COc1ccc(C=CCC=[N+](C)[O-])cc1. The standard InChI is InChI=1S/C12H15NO2/c1-13(14)10-4-3-5-11-6-8-12(15-2)9-7-11/h3,5-10H,4H2,1-2H3. The highest BCUT2D eigenvalue weighted by Crippen LogP contribution is 2.12. The van der Waals surface area contributed by atoms with Gasteiger partial charge < -0.3 is 9.94 Å². The first-order valence-electron chi connectivity index (χ1n) is 4.76. The van der Waals surface area contributed by atoms with Crippen LogP contribution in [-0.2, 0) is 0 Å². The summed E-state index contributed by atoms with van der Waals surface area (Å²) in [5, 5.41) is 10.5. The number of hydroxylamine groups is 1. The molecule has 0 fully saturated rings. The molecule has 0 aliphatic carbocycles. The molecule has 0 bridgehead atoms. The molecule has 3 nitrogen and oxygen atoms in total. The van der Waals surface area contributed by atoms with Crippen LogP contribution < -0.4 is 4.74 Å². The molecule has 3 heteroatoms. The third kappa shape index (κ3) is 4.31. The van der Waals surface area contributed by atoms with E-state index in [0.29, 0.717) is 6.42 Å². The Morgan fingerprint density at radius 3 is 2.53 bits per heavy atom. The molecule has 1 aromatic carbocycles. The van der Waals surface area contributed by atoms with E-state index in [2.05, 4.69) is 0 Å². The van der Waals surface area contributed by atoms with Crippen LogP contribution in [0.3, 0.4) is 0 Å². The predicted octanol–water partition coefficient (Wildman–Crippen LogP) is 2.31. The average Bonchev–Trinajstić information content (AvgIpc) is 2.25. The molecule has 1 rings (SSSR count). The molecule has 0 atom stereocenters. The second-order valence-electron chi connectivity index (χ2n) is 3.14. The lowest BCUT2D eigenvalue weighted by molar-refractivity contribution is -0.418. The van der Waals surface area contributed by atoms with Crippen LogP contribution in [0, 0.1) is 5.21 Å². The van der Waals surface area contributed by atoms with E-state index < -0.39 is 0 Å². The van der Waals surface area contributed by atoms with Crippen LogP contribution >= 0.6 is 0 Å². The van der Waals surface area contributed by atoms with Crippen LogP contribution in [0.15, 0.2) is 30.3 Å². The Balaban J connectivity index is 2.53. The number of rotatable bonds is 4. The summed E-state index contributed by atoms with van der Waals surface area (Å²) in [6.07, 6.45) is 6.13. The van der Waals surface area contributed by atoms with Crippen molar-refractivity contribution in [3.63, 3.8) is 0 Å². The topological polar surface area (TPSA) is 35.3 Å². The fraction of sp³-hybridized carbons (Fsp3) is 0.250. The van der Waals surface area contributed by atoms with Crippen LogP contribution in [0.25, 0.3) is 6.08 Å². The van der Waals surface area contributed by atoms with Gasteiger partial charge in [0, 0.05) is 6.42 Å². The Kier molecular flexibility index (Phi) is 4.41. The van der Waals surface area contributed by atoms with Gasteiger partial charge in [-0.25, -0.2) is 4.74 Å². The van der Waals surface area contributed by atoms with Gasteiger partial charge in [-0.05, 0) is 17.7 Å². The van der Waals surface area contributed by atoms with Gasteiger partial charge in [0.2, 0.25) is 0 Å². The minimum Gasteiger partial charge on any atom is -0.624 e. The van der Waals surface area contributed by atoms with Crippen molar-refractivity contribution in [3.05, 3.63) is 41.1 Å². The normalized spacial score (nSPS) is 12.0. The van der Waals surface area contributed by atoms with E-state index in [0.717, 1.165) is 16.1 Å². The molecule has 0 aliphatic rings. The highest BCUT2D eigenvalue weighted by Gasteiger charge is 1.89. The number of allylic oxidation sites excluding steroid dienone is 1. The Hall–Kier alpha value is -1.77. The van der Waals surface area contributed by atoms with Crippen molar-refractivity contribution >= 4 is 12.3 Å². The van der Waals surface area contributed by atoms with Gasteiger partial charge in [0.25, 0.3) is 0 Å². The lowest BCUT2D eigenvalue weighted by atomic mass is 10.2. The van der Waals surface area contributed by atoms with Gasteiger partial charge in [0.05, 0.1) is 7.11 Å². The summed E-state index contributed by atoms with van der Waals surface area (Å²) in [4.78, 5) is 0. The minimum atomic E-state index is 0.645. The number of hydrogen-bond acceptors (Lipinski definition) is 2. The van der Waals surface area contributed by atoms with E-state index >= 15 is 0 Å². The molecule has 0 amide bonds. The molecule has 0 aliphatic heterocycles. The molecule has 1 aromatic rings. The Morgan fingerprint density at radius 1 is 1.33 bits per heavy atom. The van der Waals surface area contributed by atoms with Crippen molar-refractivity contribution in [2.24, 2.45) is 0 Å². The van der Waals surface area contributed by atoms with Crippen molar-refractivity contribution in [3.8, 4) is 5.75 Å². The minimum absolute atomic E-state index is 0.645. The van der Waals surface area contributed by atoms with E-state index in [1.54, 1.807) is 13.3 Å². The van der Waals surface area contributed by atoms with Crippen LogP contribution in [-0.4, -0.2) is 25.1 Å². The number of nitrogens with zero attached hydrogens (tertiary/aromatic N) is 1. The van der Waals surface area contributed by atoms with E-state index in [9.17, 15) is 5.21 Å². The summed E-state index contributed by atoms with van der Waals surface area (Å²) >= 11 is 0. The zero-order valence-corrected chi connectivity index (χ0v) is 9.01. The molecule has 0 N–H and O–H groups in total. The largest absolute Gasteiger partial charge is 0.624 e. The molecule has 0 aromatic heterocycles. The van der Waals surface area contributed by atoms with E-state index in [1.807, 2.05) is 36.4 Å². The number of ether oxygens (including phenoxy) is 1. The van der Waals surface area contributed by atoms with Gasteiger partial charge in [-0.2, -0.15) is 0 Å². The van der Waals surface area contributed by atoms with Crippen LogP contribution in [0.2, 0.25) is 0 Å². The first kappa shape index (κ1) is 11.3. The Morgan fingerprint density at radius 2 is 2.00 bits per heavy atom. The van der Waals surface area contributed by atoms with E-state index in [4.69, 9.17) is 4.74 Å². The molecule has 0 unspecified atom stereocenters. The monoisotopic (exact) mass is 205 g/mol. The summed E-state index contributed by atoms with van der Waals surface area (Å²) in [5.41, 5.74) is 1.10. The maximum absolute atomic E-state index is 10.5. The average molecular weight is 205 g/mol. The summed E-state index contributed by atoms with van der Waals surface area (Å²) in [7, 11) is 3.12. The van der Waals surface area contributed by atoms with Gasteiger partial charge in [-0.15, -0.1) is 0 Å². The number of hydrogen-bond donors (Lipinski definition) is 0. The third-order valence-electron chi connectivity index (χ3n) is 1.92. The molecular formula is C12H15NO2. The molecule has 0 radical (unpaired) electrons. The third-order valence-corrected chi connectivity index (χ3v) is 1.92. The molecule has 0 saturated heterocycles. The molecule has 15 heavy (non-hydrogen) atoms. The molecule has 0 spiro atoms. The van der Waals surface area contributed by atoms with Crippen molar-refractivity contribution in [2.75, 3.05) is 14.2 Å². The van der Waals surface area contributed by atoms with Crippen LogP contribution in [0.1, 0.15) is 12.0 Å². The van der Waals surface area contributed by atoms with E-state index in [1.165, 1.54) is 7.05 Å². The quantitative estimate of drug-likeness (QED) is 0.327. The number of benzene rings is 1.